The molecule has 0 heterocycles. The van der Waals surface area contributed by atoms with Crippen molar-refractivity contribution >= 4 is 11.6 Å². The summed E-state index contributed by atoms with van der Waals surface area (Å²) in [5.74, 6) is 0.506. The monoisotopic (exact) mass is 255 g/mol. The molecule has 1 aromatic carbocycles. The topological polar surface area (TPSA) is 32.3 Å². The Morgan fingerprint density at radius 2 is 2.06 bits per heavy atom. The van der Waals surface area contributed by atoms with Gasteiger partial charge in [0.05, 0.1) is 0 Å². The quantitative estimate of drug-likeness (QED) is 0.819. The molecule has 2 nitrogen and oxygen atoms in total. The number of rotatable bonds is 6. The molecule has 0 radical (unpaired) electrons. The molecule has 2 N–H and O–H groups in total. The lowest BCUT2D eigenvalue weighted by molar-refractivity contribution is 0.244. The van der Waals surface area contributed by atoms with E-state index >= 15 is 0 Å². The molecular formula is C14H22ClNO. The lowest BCUT2D eigenvalue weighted by Gasteiger charge is -2.22. The Hall–Kier alpha value is -0.570. The van der Waals surface area contributed by atoms with E-state index in [1.807, 2.05) is 13.0 Å². The molecule has 1 unspecified atom stereocenters. The van der Waals surface area contributed by atoms with Crippen LogP contribution in [0.1, 0.15) is 31.4 Å². The van der Waals surface area contributed by atoms with Crippen LogP contribution in [0.15, 0.2) is 18.2 Å². The van der Waals surface area contributed by atoms with Gasteiger partial charge in [0.15, 0.2) is 0 Å². The lowest BCUT2D eigenvalue weighted by atomic mass is 10.0. The Balaban J connectivity index is 2.59. The van der Waals surface area contributed by atoms with Crippen molar-refractivity contribution in [2.24, 2.45) is 5.92 Å². The fourth-order valence-corrected chi connectivity index (χ4v) is 2.15. The van der Waals surface area contributed by atoms with Crippen LogP contribution in [-0.4, -0.2) is 17.8 Å². The molecule has 1 rings (SSSR count). The molecule has 17 heavy (non-hydrogen) atoms. The summed E-state index contributed by atoms with van der Waals surface area (Å²) in [5.41, 5.74) is 2.29. The summed E-state index contributed by atoms with van der Waals surface area (Å²) in [5, 5.41) is 13.3. The van der Waals surface area contributed by atoms with Crippen LogP contribution in [0, 0.1) is 12.8 Å². The standard InChI is InChI=1S/C14H22ClNO/c1-10(2)14(6-7-17)16-9-12-5-4-11(3)8-13(12)15/h4-5,8,10,14,16-17H,6-7,9H2,1-3H3. The van der Waals surface area contributed by atoms with Gasteiger partial charge in [0.1, 0.15) is 0 Å². The van der Waals surface area contributed by atoms with Crippen molar-refractivity contribution < 1.29 is 5.11 Å². The van der Waals surface area contributed by atoms with Crippen LogP contribution in [0.25, 0.3) is 0 Å². The molecule has 0 spiro atoms. The molecule has 1 atom stereocenters. The maximum atomic E-state index is 9.01. The lowest BCUT2D eigenvalue weighted by Crippen LogP contribution is -2.34. The fraction of sp³-hybridized carbons (Fsp3) is 0.571. The third-order valence-electron chi connectivity index (χ3n) is 3.01. The molecule has 0 saturated carbocycles. The zero-order chi connectivity index (χ0) is 12.8. The van der Waals surface area contributed by atoms with Crippen LogP contribution in [0.3, 0.4) is 0 Å². The summed E-state index contributed by atoms with van der Waals surface area (Å²) in [6.45, 7) is 7.32. The Kier molecular flexibility index (Phi) is 5.96. The van der Waals surface area contributed by atoms with Crippen LogP contribution in [0.2, 0.25) is 5.02 Å². The van der Waals surface area contributed by atoms with E-state index < -0.39 is 0 Å². The smallest absolute Gasteiger partial charge is 0.0453 e. The van der Waals surface area contributed by atoms with E-state index in [0.29, 0.717) is 12.0 Å². The SMILES string of the molecule is Cc1ccc(CNC(CCO)C(C)C)c(Cl)c1. The Bertz CT molecular complexity index is 352. The molecular weight excluding hydrogens is 234 g/mol. The fourth-order valence-electron chi connectivity index (χ4n) is 1.85. The summed E-state index contributed by atoms with van der Waals surface area (Å²) in [6.07, 6.45) is 0.779. The molecule has 0 aliphatic heterocycles. The first-order chi connectivity index (χ1) is 8.04. The summed E-state index contributed by atoms with van der Waals surface area (Å²) in [4.78, 5) is 0. The summed E-state index contributed by atoms with van der Waals surface area (Å²) < 4.78 is 0. The maximum absolute atomic E-state index is 9.01. The van der Waals surface area contributed by atoms with Crippen LogP contribution in [0.5, 0.6) is 0 Å². The number of aliphatic hydroxyl groups excluding tert-OH is 1. The van der Waals surface area contributed by atoms with Crippen LogP contribution < -0.4 is 5.32 Å². The molecule has 0 aliphatic carbocycles. The number of aryl methyl sites for hydroxylation is 1. The van der Waals surface area contributed by atoms with Gasteiger partial charge in [-0.3, -0.25) is 0 Å². The highest BCUT2D eigenvalue weighted by Crippen LogP contribution is 2.18. The van der Waals surface area contributed by atoms with Gasteiger partial charge in [-0.25, -0.2) is 0 Å². The summed E-state index contributed by atoms with van der Waals surface area (Å²) >= 11 is 6.18. The molecule has 96 valence electrons. The number of aliphatic hydroxyl groups is 1. The molecule has 0 fully saturated rings. The van der Waals surface area contributed by atoms with Gasteiger partial charge < -0.3 is 10.4 Å². The van der Waals surface area contributed by atoms with E-state index in [1.54, 1.807) is 0 Å². The van der Waals surface area contributed by atoms with Crippen molar-refractivity contribution in [1.82, 2.24) is 5.32 Å². The van der Waals surface area contributed by atoms with Gasteiger partial charge >= 0.3 is 0 Å². The largest absolute Gasteiger partial charge is 0.396 e. The van der Waals surface area contributed by atoms with Crippen molar-refractivity contribution in [3.8, 4) is 0 Å². The number of benzene rings is 1. The summed E-state index contributed by atoms with van der Waals surface area (Å²) in [6, 6.07) is 6.44. The predicted molar refractivity (Wildman–Crippen MR) is 73.4 cm³/mol. The van der Waals surface area contributed by atoms with Crippen molar-refractivity contribution in [3.05, 3.63) is 34.3 Å². The van der Waals surface area contributed by atoms with Crippen molar-refractivity contribution in [2.45, 2.75) is 39.8 Å². The number of hydrogen-bond acceptors (Lipinski definition) is 2. The molecule has 0 aromatic heterocycles. The second-order valence-corrected chi connectivity index (χ2v) is 5.25. The normalized spacial score (nSPS) is 13.1. The van der Waals surface area contributed by atoms with Crippen molar-refractivity contribution in [1.29, 1.82) is 0 Å². The average molecular weight is 256 g/mol. The molecule has 0 saturated heterocycles. The minimum Gasteiger partial charge on any atom is -0.396 e. The second kappa shape index (κ2) is 7.00. The molecule has 0 amide bonds. The highest BCUT2D eigenvalue weighted by molar-refractivity contribution is 6.31. The van der Waals surface area contributed by atoms with Crippen molar-refractivity contribution in [3.63, 3.8) is 0 Å². The van der Waals surface area contributed by atoms with E-state index in [4.69, 9.17) is 16.7 Å². The van der Waals surface area contributed by atoms with Gasteiger partial charge in [0, 0.05) is 24.2 Å². The Labute approximate surface area is 109 Å². The maximum Gasteiger partial charge on any atom is 0.0453 e. The van der Waals surface area contributed by atoms with E-state index in [-0.39, 0.29) is 6.61 Å². The van der Waals surface area contributed by atoms with Gasteiger partial charge in [-0.05, 0) is 36.5 Å². The van der Waals surface area contributed by atoms with Gasteiger partial charge in [-0.2, -0.15) is 0 Å². The summed E-state index contributed by atoms with van der Waals surface area (Å²) in [7, 11) is 0. The highest BCUT2D eigenvalue weighted by atomic mass is 35.5. The van der Waals surface area contributed by atoms with E-state index in [9.17, 15) is 0 Å². The predicted octanol–water partition coefficient (Wildman–Crippen LogP) is 3.15. The van der Waals surface area contributed by atoms with Gasteiger partial charge in [-0.1, -0.05) is 37.6 Å². The third kappa shape index (κ3) is 4.66. The molecule has 3 heteroatoms. The van der Waals surface area contributed by atoms with Crippen LogP contribution >= 0.6 is 11.6 Å². The Morgan fingerprint density at radius 3 is 2.59 bits per heavy atom. The second-order valence-electron chi connectivity index (χ2n) is 4.84. The minimum absolute atomic E-state index is 0.220. The molecule has 0 bridgehead atoms. The van der Waals surface area contributed by atoms with E-state index in [1.165, 1.54) is 5.56 Å². The number of nitrogens with one attached hydrogen (secondary N) is 1. The first kappa shape index (κ1) is 14.5. The highest BCUT2D eigenvalue weighted by Gasteiger charge is 2.12. The average Bonchev–Trinajstić information content (AvgIpc) is 2.25. The zero-order valence-electron chi connectivity index (χ0n) is 10.8. The van der Waals surface area contributed by atoms with Gasteiger partial charge in [-0.15, -0.1) is 0 Å². The van der Waals surface area contributed by atoms with Crippen LogP contribution in [-0.2, 0) is 6.54 Å². The minimum atomic E-state index is 0.220. The van der Waals surface area contributed by atoms with E-state index in [0.717, 1.165) is 23.6 Å². The van der Waals surface area contributed by atoms with Crippen LogP contribution in [0.4, 0.5) is 0 Å². The molecule has 1 aromatic rings. The van der Waals surface area contributed by atoms with Crippen molar-refractivity contribution in [2.75, 3.05) is 6.61 Å². The Morgan fingerprint density at radius 1 is 1.35 bits per heavy atom. The molecule has 0 aliphatic rings. The van der Waals surface area contributed by atoms with E-state index in [2.05, 4.69) is 31.3 Å². The number of hydrogen-bond donors (Lipinski definition) is 2. The third-order valence-corrected chi connectivity index (χ3v) is 3.36. The van der Waals surface area contributed by atoms with Gasteiger partial charge in [0.25, 0.3) is 0 Å². The first-order valence-electron chi connectivity index (χ1n) is 6.14. The number of halogens is 1. The zero-order valence-corrected chi connectivity index (χ0v) is 11.6. The van der Waals surface area contributed by atoms with Gasteiger partial charge in [0.2, 0.25) is 0 Å². The first-order valence-corrected chi connectivity index (χ1v) is 6.51.